The molecule has 0 aliphatic rings. The van der Waals surface area contributed by atoms with Gasteiger partial charge in [0.15, 0.2) is 0 Å². The summed E-state index contributed by atoms with van der Waals surface area (Å²) in [5.41, 5.74) is 4.57. The standard InChI is InChI=1S/C13H15BrN2/c1-4-10-7-12(15-3)11-6-9(14)5-8(2)13(11)16-10/h5-7H,4H2,1-3H3,(H,15,16). The third kappa shape index (κ3) is 1.92. The largest absolute Gasteiger partial charge is 0.388 e. The number of anilines is 1. The van der Waals surface area contributed by atoms with Gasteiger partial charge in [0.25, 0.3) is 0 Å². The van der Waals surface area contributed by atoms with Crippen LogP contribution in [0.4, 0.5) is 5.69 Å². The van der Waals surface area contributed by atoms with E-state index >= 15 is 0 Å². The molecule has 1 aromatic carbocycles. The predicted molar refractivity (Wildman–Crippen MR) is 73.1 cm³/mol. The van der Waals surface area contributed by atoms with Crippen LogP contribution in [-0.4, -0.2) is 12.0 Å². The Kier molecular flexibility index (Phi) is 3.15. The second-order valence-electron chi connectivity index (χ2n) is 3.88. The first kappa shape index (κ1) is 11.4. The number of aryl methyl sites for hydroxylation is 2. The van der Waals surface area contributed by atoms with Gasteiger partial charge in [-0.2, -0.15) is 0 Å². The van der Waals surface area contributed by atoms with Crippen molar-refractivity contribution in [3.63, 3.8) is 0 Å². The Morgan fingerprint density at radius 2 is 2.06 bits per heavy atom. The molecule has 3 heteroatoms. The first-order valence-electron chi connectivity index (χ1n) is 5.43. The van der Waals surface area contributed by atoms with E-state index in [0.29, 0.717) is 0 Å². The van der Waals surface area contributed by atoms with Crippen LogP contribution in [0.2, 0.25) is 0 Å². The average molecular weight is 279 g/mol. The average Bonchev–Trinajstić information content (AvgIpc) is 2.28. The molecule has 0 amide bonds. The number of nitrogens with zero attached hydrogens (tertiary/aromatic N) is 1. The van der Waals surface area contributed by atoms with E-state index in [0.717, 1.165) is 27.8 Å². The van der Waals surface area contributed by atoms with Gasteiger partial charge in [-0.25, -0.2) is 0 Å². The van der Waals surface area contributed by atoms with Crippen molar-refractivity contribution in [2.75, 3.05) is 12.4 Å². The van der Waals surface area contributed by atoms with Crippen LogP contribution >= 0.6 is 15.9 Å². The first-order valence-corrected chi connectivity index (χ1v) is 6.22. The molecule has 0 spiro atoms. The quantitative estimate of drug-likeness (QED) is 0.901. The molecule has 2 rings (SSSR count). The SMILES string of the molecule is CCc1cc(NC)c2cc(Br)cc(C)c2n1. The van der Waals surface area contributed by atoms with Gasteiger partial charge < -0.3 is 5.32 Å². The summed E-state index contributed by atoms with van der Waals surface area (Å²) in [5, 5.41) is 4.41. The van der Waals surface area contributed by atoms with Gasteiger partial charge in [-0.1, -0.05) is 22.9 Å². The van der Waals surface area contributed by atoms with E-state index in [1.54, 1.807) is 0 Å². The van der Waals surface area contributed by atoms with Crippen molar-refractivity contribution in [2.45, 2.75) is 20.3 Å². The highest BCUT2D eigenvalue weighted by atomic mass is 79.9. The molecule has 0 radical (unpaired) electrons. The maximum absolute atomic E-state index is 4.68. The molecule has 0 aliphatic heterocycles. The third-order valence-electron chi connectivity index (χ3n) is 2.75. The summed E-state index contributed by atoms with van der Waals surface area (Å²) in [6.45, 7) is 4.22. The van der Waals surface area contributed by atoms with Crippen molar-refractivity contribution in [3.05, 3.63) is 33.9 Å². The van der Waals surface area contributed by atoms with E-state index < -0.39 is 0 Å². The smallest absolute Gasteiger partial charge is 0.0755 e. The van der Waals surface area contributed by atoms with Crippen molar-refractivity contribution >= 4 is 32.5 Å². The van der Waals surface area contributed by atoms with E-state index in [2.05, 4.69) is 58.3 Å². The van der Waals surface area contributed by atoms with Crippen molar-refractivity contribution < 1.29 is 0 Å². The Hall–Kier alpha value is -1.09. The Labute approximate surface area is 104 Å². The summed E-state index contributed by atoms with van der Waals surface area (Å²) in [6.07, 6.45) is 0.958. The summed E-state index contributed by atoms with van der Waals surface area (Å²) >= 11 is 3.53. The number of nitrogens with one attached hydrogen (secondary N) is 1. The van der Waals surface area contributed by atoms with Gasteiger partial charge in [0, 0.05) is 28.3 Å². The van der Waals surface area contributed by atoms with E-state index in [4.69, 9.17) is 0 Å². The summed E-state index contributed by atoms with van der Waals surface area (Å²) < 4.78 is 1.10. The molecule has 0 bridgehead atoms. The minimum absolute atomic E-state index is 0.958. The van der Waals surface area contributed by atoms with Crippen LogP contribution in [0, 0.1) is 6.92 Å². The van der Waals surface area contributed by atoms with E-state index in [1.165, 1.54) is 10.9 Å². The lowest BCUT2D eigenvalue weighted by molar-refractivity contribution is 1.05. The molecule has 1 N–H and O–H groups in total. The Morgan fingerprint density at radius 3 is 2.69 bits per heavy atom. The third-order valence-corrected chi connectivity index (χ3v) is 3.21. The zero-order valence-corrected chi connectivity index (χ0v) is 11.4. The van der Waals surface area contributed by atoms with Crippen LogP contribution in [0.15, 0.2) is 22.7 Å². The van der Waals surface area contributed by atoms with E-state index in [9.17, 15) is 0 Å². The topological polar surface area (TPSA) is 24.9 Å². The van der Waals surface area contributed by atoms with Crippen molar-refractivity contribution in [1.29, 1.82) is 0 Å². The molecular formula is C13H15BrN2. The molecule has 0 atom stereocenters. The summed E-state index contributed by atoms with van der Waals surface area (Å²) in [4.78, 5) is 4.68. The molecule has 0 aliphatic carbocycles. The Bertz CT molecular complexity index is 535. The van der Waals surface area contributed by atoms with E-state index in [-0.39, 0.29) is 0 Å². The summed E-state index contributed by atoms with van der Waals surface area (Å²) in [5.74, 6) is 0. The van der Waals surface area contributed by atoms with E-state index in [1.807, 2.05) is 7.05 Å². The maximum Gasteiger partial charge on any atom is 0.0755 e. The number of pyridine rings is 1. The zero-order chi connectivity index (χ0) is 11.7. The highest BCUT2D eigenvalue weighted by Crippen LogP contribution is 2.29. The molecule has 0 fully saturated rings. The molecule has 2 nitrogen and oxygen atoms in total. The Morgan fingerprint density at radius 1 is 1.31 bits per heavy atom. The molecule has 0 saturated heterocycles. The molecule has 0 unspecified atom stereocenters. The molecule has 2 aromatic rings. The summed E-state index contributed by atoms with van der Waals surface area (Å²) in [6, 6.07) is 6.34. The fourth-order valence-corrected chi connectivity index (χ4v) is 2.47. The monoisotopic (exact) mass is 278 g/mol. The van der Waals surface area contributed by atoms with Crippen molar-refractivity contribution in [3.8, 4) is 0 Å². The number of aromatic nitrogens is 1. The second kappa shape index (κ2) is 4.42. The molecule has 1 heterocycles. The van der Waals surface area contributed by atoms with Crippen LogP contribution in [0.5, 0.6) is 0 Å². The highest BCUT2D eigenvalue weighted by Gasteiger charge is 2.07. The van der Waals surface area contributed by atoms with Crippen LogP contribution in [0.25, 0.3) is 10.9 Å². The van der Waals surface area contributed by atoms with Crippen molar-refractivity contribution in [1.82, 2.24) is 4.98 Å². The molecule has 0 saturated carbocycles. The predicted octanol–water partition coefficient (Wildman–Crippen LogP) is 3.91. The molecule has 84 valence electrons. The minimum atomic E-state index is 0.958. The normalized spacial score (nSPS) is 10.8. The number of benzene rings is 1. The summed E-state index contributed by atoms with van der Waals surface area (Å²) in [7, 11) is 1.95. The van der Waals surface area contributed by atoms with Crippen molar-refractivity contribution in [2.24, 2.45) is 0 Å². The molecular weight excluding hydrogens is 264 g/mol. The van der Waals surface area contributed by atoms with Gasteiger partial charge >= 0.3 is 0 Å². The van der Waals surface area contributed by atoms with Gasteiger partial charge in [-0.15, -0.1) is 0 Å². The van der Waals surface area contributed by atoms with Crippen LogP contribution in [0.3, 0.4) is 0 Å². The van der Waals surface area contributed by atoms with Gasteiger partial charge in [0.1, 0.15) is 0 Å². The van der Waals surface area contributed by atoms with Gasteiger partial charge in [-0.3, -0.25) is 4.98 Å². The Balaban J connectivity index is 2.83. The zero-order valence-electron chi connectivity index (χ0n) is 9.76. The fraction of sp³-hybridized carbons (Fsp3) is 0.308. The van der Waals surface area contributed by atoms with Crippen LogP contribution in [0.1, 0.15) is 18.2 Å². The lowest BCUT2D eigenvalue weighted by Crippen LogP contribution is -1.97. The number of rotatable bonds is 2. The van der Waals surface area contributed by atoms with Crippen LogP contribution < -0.4 is 5.32 Å². The van der Waals surface area contributed by atoms with Gasteiger partial charge in [-0.05, 0) is 37.1 Å². The number of hydrogen-bond donors (Lipinski definition) is 1. The maximum atomic E-state index is 4.68. The first-order chi connectivity index (χ1) is 7.65. The molecule has 1 aromatic heterocycles. The number of halogens is 1. The second-order valence-corrected chi connectivity index (χ2v) is 4.80. The van der Waals surface area contributed by atoms with Gasteiger partial charge in [0.05, 0.1) is 5.52 Å². The fourth-order valence-electron chi connectivity index (χ4n) is 1.90. The highest BCUT2D eigenvalue weighted by molar-refractivity contribution is 9.10. The van der Waals surface area contributed by atoms with Crippen LogP contribution in [-0.2, 0) is 6.42 Å². The van der Waals surface area contributed by atoms with Gasteiger partial charge in [0.2, 0.25) is 0 Å². The molecule has 16 heavy (non-hydrogen) atoms. The number of hydrogen-bond acceptors (Lipinski definition) is 2. The lowest BCUT2D eigenvalue weighted by Gasteiger charge is -2.10. The number of fused-ring (bicyclic) bond motifs is 1. The minimum Gasteiger partial charge on any atom is -0.388 e. The lowest BCUT2D eigenvalue weighted by atomic mass is 10.1.